The van der Waals surface area contributed by atoms with Crippen LogP contribution in [0.2, 0.25) is 0 Å². The molecule has 89 heavy (non-hydrogen) atoms. The predicted molar refractivity (Wildman–Crippen MR) is 330 cm³/mol. The van der Waals surface area contributed by atoms with Crippen molar-refractivity contribution in [2.45, 2.75) is 160 Å². The monoisotopic (exact) mass is 1230 g/mol. The number of carbonyl (C=O) groups is 11. The van der Waals surface area contributed by atoms with Gasteiger partial charge in [0.2, 0.25) is 47.3 Å². The molecule has 0 unspecified atom stereocenters. The molecule has 1 aliphatic heterocycles. The number of fused-ring (bicyclic) bond motifs is 1. The highest BCUT2D eigenvalue weighted by Gasteiger charge is 2.43. The van der Waals surface area contributed by atoms with E-state index in [2.05, 4.69) is 41.9 Å². The predicted octanol–water partition coefficient (Wildman–Crippen LogP) is 0.218. The summed E-state index contributed by atoms with van der Waals surface area (Å²) in [6.07, 6.45) is -3.61. The molecular formula is C63H86N12O14. The van der Waals surface area contributed by atoms with Gasteiger partial charge in [-0.3, -0.25) is 57.7 Å². The highest BCUT2D eigenvalue weighted by Crippen LogP contribution is 2.25. The van der Waals surface area contributed by atoms with Crippen molar-refractivity contribution in [2.75, 3.05) is 20.1 Å². The van der Waals surface area contributed by atoms with E-state index in [0.29, 0.717) is 24.1 Å². The largest absolute Gasteiger partial charge is 0.508 e. The minimum atomic E-state index is -1.71. The Morgan fingerprint density at radius 2 is 1.36 bits per heavy atom. The van der Waals surface area contributed by atoms with Gasteiger partial charge in [-0.15, -0.1) is 0 Å². The highest BCUT2D eigenvalue weighted by atomic mass is 16.3. The van der Waals surface area contributed by atoms with Crippen LogP contribution in [0.15, 0.2) is 84.0 Å². The number of aliphatic imine (C=N–C) groups is 1. The van der Waals surface area contributed by atoms with E-state index < -0.39 is 151 Å². The quantitative estimate of drug-likeness (QED) is 0.0166. The molecule has 5 rings (SSSR count). The van der Waals surface area contributed by atoms with Crippen molar-refractivity contribution in [1.29, 1.82) is 0 Å². The lowest BCUT2D eigenvalue weighted by molar-refractivity contribution is -0.142. The van der Waals surface area contributed by atoms with Crippen molar-refractivity contribution in [3.05, 3.63) is 101 Å². The van der Waals surface area contributed by atoms with Crippen LogP contribution in [-0.2, 0) is 72.0 Å². The van der Waals surface area contributed by atoms with E-state index in [1.807, 2.05) is 38.1 Å². The lowest BCUT2D eigenvalue weighted by atomic mass is 9.89. The Morgan fingerprint density at radius 1 is 0.708 bits per heavy atom. The van der Waals surface area contributed by atoms with Gasteiger partial charge in [0, 0.05) is 95.0 Å². The van der Waals surface area contributed by atoms with E-state index in [4.69, 9.17) is 17.2 Å². The number of nitrogens with zero attached hydrogens (tertiary/aromatic N) is 2. The summed E-state index contributed by atoms with van der Waals surface area (Å²) in [5.74, 6) is -11.0. The Labute approximate surface area is 516 Å². The number of likely N-dealkylation sites (tertiary alicyclic amines) is 1. The molecule has 10 atom stereocenters. The van der Waals surface area contributed by atoms with Crippen LogP contribution in [0.4, 0.5) is 0 Å². The Hall–Kier alpha value is -9.04. The number of ketones is 3. The zero-order valence-corrected chi connectivity index (χ0v) is 51.2. The Balaban J connectivity index is 1.29. The third-order valence-electron chi connectivity index (χ3n) is 15.6. The molecule has 26 nitrogen and oxygen atoms in total. The summed E-state index contributed by atoms with van der Waals surface area (Å²) in [5.41, 5.74) is 20.7. The average molecular weight is 1240 g/mol. The molecule has 1 aromatic heterocycles. The minimum Gasteiger partial charge on any atom is -0.508 e. The van der Waals surface area contributed by atoms with Crippen LogP contribution in [-0.4, -0.2) is 164 Å². The molecule has 1 saturated heterocycles. The number of amides is 8. The Kier molecular flexibility index (Phi) is 26.9. The molecule has 0 radical (unpaired) electrons. The first-order valence-electron chi connectivity index (χ1n) is 29.8. The number of primary amides is 2. The minimum absolute atomic E-state index is 0.0377. The molecule has 1 fully saturated rings. The number of aryl methyl sites for hydroxylation is 1. The van der Waals surface area contributed by atoms with Crippen molar-refractivity contribution in [1.82, 2.24) is 41.8 Å². The van der Waals surface area contributed by atoms with Crippen LogP contribution in [0.3, 0.4) is 0 Å². The van der Waals surface area contributed by atoms with Gasteiger partial charge in [-0.1, -0.05) is 68.4 Å². The Bertz CT molecular complexity index is 3200. The fourth-order valence-corrected chi connectivity index (χ4v) is 10.8. The van der Waals surface area contributed by atoms with Crippen LogP contribution < -0.4 is 49.1 Å². The van der Waals surface area contributed by atoms with Crippen LogP contribution >= 0.6 is 0 Å². The number of rotatable bonds is 35. The molecule has 2 heterocycles. The molecule has 1 aliphatic rings. The third-order valence-corrected chi connectivity index (χ3v) is 15.6. The second-order valence-corrected chi connectivity index (χ2v) is 23.2. The maximum atomic E-state index is 14.3. The summed E-state index contributed by atoms with van der Waals surface area (Å²) < 4.78 is 0. The summed E-state index contributed by atoms with van der Waals surface area (Å²) >= 11 is 0. The topological polar surface area (TPSA) is 430 Å². The zero-order chi connectivity index (χ0) is 65.6. The summed E-state index contributed by atoms with van der Waals surface area (Å²) in [4.78, 5) is 159. The fourth-order valence-electron chi connectivity index (χ4n) is 10.8. The maximum Gasteiger partial charge on any atom is 0.246 e. The number of nitrogens with two attached hydrogens (primary N) is 3. The molecule has 4 aromatic rings. The van der Waals surface area contributed by atoms with Gasteiger partial charge in [-0.05, 0) is 85.9 Å². The summed E-state index contributed by atoms with van der Waals surface area (Å²) in [7, 11) is 1.50. The van der Waals surface area contributed by atoms with E-state index in [1.165, 1.54) is 45.2 Å². The summed E-state index contributed by atoms with van der Waals surface area (Å²) in [6, 6.07) is 12.3. The van der Waals surface area contributed by atoms with Crippen LogP contribution in [0.1, 0.15) is 108 Å². The average Bonchev–Trinajstić information content (AvgIpc) is 3.62. The molecule has 0 aliphatic carbocycles. The van der Waals surface area contributed by atoms with Gasteiger partial charge in [-0.25, -0.2) is 0 Å². The number of nitrogens with one attached hydrogen (secondary N) is 7. The molecule has 3 aromatic carbocycles. The number of aliphatic hydroxyl groups is 2. The summed E-state index contributed by atoms with van der Waals surface area (Å²) in [6.45, 7) is 7.83. The van der Waals surface area contributed by atoms with Crippen molar-refractivity contribution in [3.8, 4) is 5.75 Å². The number of aromatic amines is 1. The van der Waals surface area contributed by atoms with E-state index >= 15 is 0 Å². The number of hydrogen-bond donors (Lipinski definition) is 13. The van der Waals surface area contributed by atoms with Gasteiger partial charge in [0.1, 0.15) is 23.9 Å². The van der Waals surface area contributed by atoms with Crippen molar-refractivity contribution < 1.29 is 68.1 Å². The number of carbonyl (C=O) groups excluding carboxylic acids is 11. The number of para-hydroxylation sites is 1. The first-order valence-corrected chi connectivity index (χ1v) is 29.8. The second kappa shape index (κ2) is 33.9. The fraction of sp³-hybridized carbons (Fsp3) is 0.492. The molecule has 8 amide bonds. The lowest BCUT2D eigenvalue weighted by Crippen LogP contribution is -2.56. The van der Waals surface area contributed by atoms with Gasteiger partial charge in [0.05, 0.1) is 42.7 Å². The number of phenols is 1. The molecule has 0 bridgehead atoms. The highest BCUT2D eigenvalue weighted by molar-refractivity contribution is 6.00. The van der Waals surface area contributed by atoms with Gasteiger partial charge in [0.25, 0.3) is 0 Å². The molecule has 16 N–H and O–H groups in total. The number of H-pyrrole nitrogens is 1. The van der Waals surface area contributed by atoms with Gasteiger partial charge in [-0.2, -0.15) is 0 Å². The number of aromatic hydroxyl groups is 1. The standard InChI is InChI=1S/C63H86N12O14/c1-34(2)24-47(54(81)28-40(14-11-23-68-63(66)67-6)59(86)74-50(58(65)85)27-41-32-69-46-16-10-9-15-44(41)46)71-57(84)22-21-53(80)48(26-39-13-8-7-12-35(39)3)72-60(87)45(36(4)76)30-55(82)49(31-56(64)83)73-61(88)52-29-43(79)33-75(52)62(89)51(70-37(5)77)25-38-17-19-42(78)20-18-38/h7-10,12-13,15-20,32,34,36,40,43,45,47-52,69,76,78-79H,11,14,21-31,33H2,1-6H3,(H2,64,83)(H2,65,85)(H,70,77)(H,71,84)(H,72,87)(H,73,88)(H,74,86)(H3,66,67,68)/t36-,40-,43-,45+,47+,48+,49+,50+,51-,52+/m1/s1. The number of aliphatic hydroxyl groups excluding tert-OH is 2. The van der Waals surface area contributed by atoms with Crippen molar-refractivity contribution in [3.63, 3.8) is 0 Å². The smallest absolute Gasteiger partial charge is 0.246 e. The summed E-state index contributed by atoms with van der Waals surface area (Å²) in [5, 5.41) is 48.4. The Morgan fingerprint density at radius 3 is 2.00 bits per heavy atom. The van der Waals surface area contributed by atoms with Gasteiger partial charge < -0.3 is 74.3 Å². The first-order chi connectivity index (χ1) is 42.1. The number of guanidine groups is 1. The van der Waals surface area contributed by atoms with Gasteiger partial charge >= 0.3 is 0 Å². The number of hydrogen-bond acceptors (Lipinski definition) is 15. The van der Waals surface area contributed by atoms with Crippen LogP contribution in [0.25, 0.3) is 10.9 Å². The van der Waals surface area contributed by atoms with Gasteiger partial charge in [0.15, 0.2) is 23.3 Å². The van der Waals surface area contributed by atoms with Crippen LogP contribution in [0, 0.1) is 24.7 Å². The van der Waals surface area contributed by atoms with E-state index in [1.54, 1.807) is 37.4 Å². The maximum absolute atomic E-state index is 14.3. The first kappa shape index (κ1) is 70.7. The zero-order valence-electron chi connectivity index (χ0n) is 51.2. The SMILES string of the molecule is CN=C(N)NCCC[C@H](CC(=O)[C@H](CC(C)C)NC(=O)CCC(=O)[C@H](Cc1ccccc1C)NC(=O)[C@@H](CC(=O)[C@H](CC(N)=O)NC(=O)[C@@H]1C[C@@H](O)CN1C(=O)[C@@H](Cc1ccc(O)cc1)NC(C)=O)[C@@H](C)O)C(=O)N[C@@H](Cc1c[nH]c2ccccc12)C(N)=O. The molecule has 26 heteroatoms. The second-order valence-electron chi connectivity index (χ2n) is 23.2. The van der Waals surface area contributed by atoms with E-state index in [9.17, 15) is 68.1 Å². The molecule has 482 valence electrons. The van der Waals surface area contributed by atoms with E-state index in [-0.39, 0.29) is 69.1 Å². The van der Waals surface area contributed by atoms with Crippen molar-refractivity contribution in [2.24, 2.45) is 39.9 Å². The normalized spacial score (nSPS) is 16.8. The number of benzene rings is 3. The third kappa shape index (κ3) is 22.0. The molecular weight excluding hydrogens is 1150 g/mol. The van der Waals surface area contributed by atoms with E-state index in [0.717, 1.165) is 26.9 Å². The number of Topliss-reactive ketones (excluding diaryl/α,β-unsaturated/α-hetero) is 3. The lowest BCUT2D eigenvalue weighted by Gasteiger charge is -2.30. The number of phenolic OH excluding ortho intramolecular Hbond substituents is 1. The number of aromatic nitrogens is 1. The number of β-amino-alcohol motifs (C(OH)–C–C–N with tert-alkyl or cyclic N) is 1. The van der Waals surface area contributed by atoms with Crippen LogP contribution in [0.5, 0.6) is 5.75 Å². The molecule has 0 saturated carbocycles. The molecule has 0 spiro atoms. The van der Waals surface area contributed by atoms with Crippen molar-refractivity contribution >= 4 is 81.5 Å².